The van der Waals surface area contributed by atoms with E-state index in [9.17, 15) is 9.59 Å². The van der Waals surface area contributed by atoms with Crippen LogP contribution in [0.3, 0.4) is 0 Å². The summed E-state index contributed by atoms with van der Waals surface area (Å²) in [5.41, 5.74) is 4.37. The van der Waals surface area contributed by atoms with Crippen molar-refractivity contribution in [2.45, 2.75) is 27.2 Å². The first-order chi connectivity index (χ1) is 13.0. The van der Waals surface area contributed by atoms with Crippen LogP contribution < -0.4 is 10.2 Å². The number of aryl methyl sites for hydroxylation is 2. The van der Waals surface area contributed by atoms with Crippen molar-refractivity contribution in [3.63, 3.8) is 0 Å². The molecule has 0 aliphatic heterocycles. The Hall–Kier alpha value is -3.21. The average molecular weight is 361 g/mol. The number of para-hydroxylation sites is 1. The molecule has 0 atom stereocenters. The maximum absolute atomic E-state index is 12.5. The van der Waals surface area contributed by atoms with Crippen LogP contribution in [0, 0.1) is 13.8 Å². The van der Waals surface area contributed by atoms with Crippen molar-refractivity contribution < 1.29 is 9.59 Å². The van der Waals surface area contributed by atoms with Crippen molar-refractivity contribution >= 4 is 34.1 Å². The highest BCUT2D eigenvalue weighted by molar-refractivity contribution is 6.01. The average Bonchev–Trinajstić information content (AvgIpc) is 2.64. The molecule has 27 heavy (non-hydrogen) atoms. The van der Waals surface area contributed by atoms with E-state index in [2.05, 4.69) is 10.3 Å². The second-order valence-electron chi connectivity index (χ2n) is 6.64. The van der Waals surface area contributed by atoms with Crippen LogP contribution in [-0.2, 0) is 9.59 Å². The lowest BCUT2D eigenvalue weighted by molar-refractivity contribution is -0.117. The number of fused-ring (bicyclic) bond motifs is 1. The van der Waals surface area contributed by atoms with Crippen molar-refractivity contribution in [1.29, 1.82) is 0 Å². The van der Waals surface area contributed by atoms with Crippen molar-refractivity contribution in [2.24, 2.45) is 0 Å². The van der Waals surface area contributed by atoms with E-state index in [1.807, 2.05) is 62.4 Å². The van der Waals surface area contributed by atoms with Gasteiger partial charge in [-0.25, -0.2) is 0 Å². The maximum atomic E-state index is 12.5. The first kappa shape index (κ1) is 18.6. The van der Waals surface area contributed by atoms with E-state index in [4.69, 9.17) is 0 Å². The molecular formula is C22H23N3O2. The molecule has 3 rings (SSSR count). The topological polar surface area (TPSA) is 62.3 Å². The summed E-state index contributed by atoms with van der Waals surface area (Å²) < 4.78 is 0. The van der Waals surface area contributed by atoms with Crippen LogP contribution in [-0.4, -0.2) is 23.3 Å². The fraction of sp³-hybridized carbons (Fsp3) is 0.227. The van der Waals surface area contributed by atoms with Gasteiger partial charge in [0.05, 0.1) is 11.2 Å². The number of nitrogens with zero attached hydrogens (tertiary/aromatic N) is 2. The summed E-state index contributed by atoms with van der Waals surface area (Å²) in [7, 11) is 0. The van der Waals surface area contributed by atoms with Gasteiger partial charge < -0.3 is 10.2 Å². The summed E-state index contributed by atoms with van der Waals surface area (Å²) in [5.74, 6) is -0.229. The van der Waals surface area contributed by atoms with E-state index in [1.54, 1.807) is 11.1 Å². The van der Waals surface area contributed by atoms with Crippen molar-refractivity contribution in [3.8, 4) is 0 Å². The standard InChI is InChI=1S/C22H23N3O2/c1-15-9-10-16(2)20(14-15)25(17(3)26)13-11-21(27)24-19-8-4-6-18-7-5-12-23-22(18)19/h4-10,12,14H,11,13H2,1-3H3,(H,24,27). The number of carbonyl (C=O) groups excluding carboxylic acids is 2. The van der Waals surface area contributed by atoms with E-state index in [0.29, 0.717) is 12.2 Å². The molecule has 5 nitrogen and oxygen atoms in total. The Morgan fingerprint density at radius 2 is 1.85 bits per heavy atom. The van der Waals surface area contributed by atoms with Crippen molar-refractivity contribution in [3.05, 3.63) is 65.9 Å². The third kappa shape index (κ3) is 4.31. The monoisotopic (exact) mass is 361 g/mol. The van der Waals surface area contributed by atoms with E-state index in [0.717, 1.165) is 27.7 Å². The van der Waals surface area contributed by atoms with Gasteiger partial charge in [-0.3, -0.25) is 14.6 Å². The molecule has 1 heterocycles. The molecule has 2 amide bonds. The van der Waals surface area contributed by atoms with Gasteiger partial charge in [0.25, 0.3) is 0 Å². The third-order valence-electron chi connectivity index (χ3n) is 4.50. The highest BCUT2D eigenvalue weighted by Crippen LogP contribution is 2.23. The molecule has 138 valence electrons. The number of amides is 2. The van der Waals surface area contributed by atoms with Crippen LogP contribution in [0.5, 0.6) is 0 Å². The molecule has 3 aromatic rings. The molecule has 0 bridgehead atoms. The number of nitrogens with one attached hydrogen (secondary N) is 1. The van der Waals surface area contributed by atoms with Crippen LogP contribution in [0.4, 0.5) is 11.4 Å². The van der Waals surface area contributed by atoms with Crippen LogP contribution in [0.2, 0.25) is 0 Å². The molecule has 5 heteroatoms. The Labute approximate surface area is 159 Å². The number of carbonyl (C=O) groups is 2. The normalized spacial score (nSPS) is 10.6. The lowest BCUT2D eigenvalue weighted by Crippen LogP contribution is -2.32. The number of hydrogen-bond donors (Lipinski definition) is 1. The van der Waals surface area contributed by atoms with Gasteiger partial charge in [-0.1, -0.05) is 30.3 Å². The highest BCUT2D eigenvalue weighted by atomic mass is 16.2. The zero-order valence-corrected chi connectivity index (χ0v) is 15.8. The van der Waals surface area contributed by atoms with Crippen LogP contribution in [0.25, 0.3) is 10.9 Å². The SMILES string of the molecule is CC(=O)N(CCC(=O)Nc1cccc2cccnc12)c1cc(C)ccc1C. The second-order valence-corrected chi connectivity index (χ2v) is 6.64. The van der Waals surface area contributed by atoms with Gasteiger partial charge in [0.1, 0.15) is 0 Å². The Bertz CT molecular complexity index is 993. The minimum Gasteiger partial charge on any atom is -0.324 e. The minimum absolute atomic E-state index is 0.0803. The van der Waals surface area contributed by atoms with Crippen LogP contribution in [0.15, 0.2) is 54.7 Å². The van der Waals surface area contributed by atoms with E-state index in [-0.39, 0.29) is 18.2 Å². The van der Waals surface area contributed by atoms with Gasteiger partial charge in [0, 0.05) is 37.2 Å². The zero-order valence-electron chi connectivity index (χ0n) is 15.8. The van der Waals surface area contributed by atoms with Gasteiger partial charge in [0.2, 0.25) is 11.8 Å². The predicted octanol–water partition coefficient (Wildman–Crippen LogP) is 4.23. The van der Waals surface area contributed by atoms with E-state index in [1.165, 1.54) is 6.92 Å². The number of rotatable bonds is 5. The minimum atomic E-state index is -0.148. The number of anilines is 2. The molecule has 0 saturated carbocycles. The lowest BCUT2D eigenvalue weighted by Gasteiger charge is -2.23. The first-order valence-electron chi connectivity index (χ1n) is 8.94. The molecule has 0 unspecified atom stereocenters. The summed E-state index contributed by atoms with van der Waals surface area (Å²) in [6.07, 6.45) is 1.91. The smallest absolute Gasteiger partial charge is 0.226 e. The fourth-order valence-electron chi connectivity index (χ4n) is 3.09. The van der Waals surface area contributed by atoms with Crippen molar-refractivity contribution in [1.82, 2.24) is 4.98 Å². The molecule has 1 aromatic heterocycles. The zero-order chi connectivity index (χ0) is 19.4. The quantitative estimate of drug-likeness (QED) is 0.739. The largest absolute Gasteiger partial charge is 0.324 e. The lowest BCUT2D eigenvalue weighted by atomic mass is 10.1. The molecule has 0 aliphatic rings. The van der Waals surface area contributed by atoms with Gasteiger partial charge in [-0.15, -0.1) is 0 Å². The van der Waals surface area contributed by atoms with Gasteiger partial charge in [-0.05, 0) is 43.2 Å². The fourth-order valence-corrected chi connectivity index (χ4v) is 3.09. The Kier molecular flexibility index (Phi) is 5.50. The maximum Gasteiger partial charge on any atom is 0.226 e. The molecule has 0 saturated heterocycles. The summed E-state index contributed by atoms with van der Waals surface area (Å²) in [5, 5.41) is 3.89. The van der Waals surface area contributed by atoms with Gasteiger partial charge in [0.15, 0.2) is 0 Å². The van der Waals surface area contributed by atoms with Gasteiger partial charge >= 0.3 is 0 Å². The Morgan fingerprint density at radius 1 is 1.07 bits per heavy atom. The van der Waals surface area contributed by atoms with Crippen LogP contribution >= 0.6 is 0 Å². The number of aromatic nitrogens is 1. The Morgan fingerprint density at radius 3 is 2.63 bits per heavy atom. The number of hydrogen-bond acceptors (Lipinski definition) is 3. The van der Waals surface area contributed by atoms with E-state index < -0.39 is 0 Å². The van der Waals surface area contributed by atoms with E-state index >= 15 is 0 Å². The second kappa shape index (κ2) is 7.99. The summed E-state index contributed by atoms with van der Waals surface area (Å²) in [6, 6.07) is 15.5. The first-order valence-corrected chi connectivity index (χ1v) is 8.94. The summed E-state index contributed by atoms with van der Waals surface area (Å²) in [6.45, 7) is 5.80. The molecule has 0 fully saturated rings. The van der Waals surface area contributed by atoms with Crippen molar-refractivity contribution in [2.75, 3.05) is 16.8 Å². The van der Waals surface area contributed by atoms with Crippen LogP contribution in [0.1, 0.15) is 24.5 Å². The molecule has 0 radical (unpaired) electrons. The molecule has 0 spiro atoms. The molecule has 2 aromatic carbocycles. The molecular weight excluding hydrogens is 338 g/mol. The number of pyridine rings is 1. The molecule has 1 N–H and O–H groups in total. The summed E-state index contributed by atoms with van der Waals surface area (Å²) in [4.78, 5) is 30.6. The summed E-state index contributed by atoms with van der Waals surface area (Å²) >= 11 is 0. The number of benzene rings is 2. The molecule has 0 aliphatic carbocycles. The predicted molar refractivity (Wildman–Crippen MR) is 109 cm³/mol. The third-order valence-corrected chi connectivity index (χ3v) is 4.50. The highest BCUT2D eigenvalue weighted by Gasteiger charge is 2.16. The Balaban J connectivity index is 1.73. The van der Waals surface area contributed by atoms with Gasteiger partial charge in [-0.2, -0.15) is 0 Å².